The molecule has 1 atom stereocenters. The van der Waals surface area contributed by atoms with Gasteiger partial charge in [0.2, 0.25) is 0 Å². The van der Waals surface area contributed by atoms with E-state index in [0.29, 0.717) is 30.3 Å². The van der Waals surface area contributed by atoms with Crippen molar-refractivity contribution in [2.24, 2.45) is 0 Å². The van der Waals surface area contributed by atoms with Crippen LogP contribution < -0.4 is 0 Å². The van der Waals surface area contributed by atoms with Crippen molar-refractivity contribution in [1.29, 1.82) is 0 Å². The lowest BCUT2D eigenvalue weighted by Crippen LogP contribution is -2.40. The molecule has 21 heavy (non-hydrogen) atoms. The van der Waals surface area contributed by atoms with Crippen LogP contribution in [0.2, 0.25) is 0 Å². The third-order valence-corrected chi connectivity index (χ3v) is 3.69. The van der Waals surface area contributed by atoms with Crippen LogP contribution in [0.25, 0.3) is 10.9 Å². The molecular formula is C15H13FN2O3. The summed E-state index contributed by atoms with van der Waals surface area (Å²) in [5.74, 6) is -1.78. The van der Waals surface area contributed by atoms with E-state index >= 15 is 0 Å². The van der Waals surface area contributed by atoms with Crippen molar-refractivity contribution in [2.75, 3.05) is 6.54 Å². The lowest BCUT2D eigenvalue weighted by Gasteiger charge is -2.21. The van der Waals surface area contributed by atoms with Crippen molar-refractivity contribution in [3.63, 3.8) is 0 Å². The van der Waals surface area contributed by atoms with Gasteiger partial charge < -0.3 is 10.0 Å². The Morgan fingerprint density at radius 3 is 2.90 bits per heavy atom. The number of carboxylic acid groups (broad SMARTS) is 1. The van der Waals surface area contributed by atoms with Crippen molar-refractivity contribution in [3.05, 3.63) is 41.8 Å². The number of aromatic nitrogens is 1. The minimum Gasteiger partial charge on any atom is -0.480 e. The Morgan fingerprint density at radius 2 is 2.14 bits per heavy atom. The number of likely N-dealkylation sites (tertiary alicyclic amines) is 1. The zero-order valence-electron chi connectivity index (χ0n) is 11.1. The second kappa shape index (κ2) is 5.12. The van der Waals surface area contributed by atoms with Crippen LogP contribution in [0, 0.1) is 5.82 Å². The molecule has 1 aromatic carbocycles. The summed E-state index contributed by atoms with van der Waals surface area (Å²) in [7, 11) is 0. The molecule has 1 aromatic heterocycles. The first-order valence-corrected chi connectivity index (χ1v) is 6.65. The van der Waals surface area contributed by atoms with E-state index in [2.05, 4.69) is 4.98 Å². The molecule has 1 aliphatic rings. The van der Waals surface area contributed by atoms with Gasteiger partial charge in [0, 0.05) is 18.1 Å². The van der Waals surface area contributed by atoms with E-state index in [0.717, 1.165) is 0 Å². The summed E-state index contributed by atoms with van der Waals surface area (Å²) in [4.78, 5) is 29.0. The number of carbonyl (C=O) groups is 2. The van der Waals surface area contributed by atoms with E-state index in [4.69, 9.17) is 5.11 Å². The van der Waals surface area contributed by atoms with Crippen LogP contribution in [-0.2, 0) is 4.79 Å². The van der Waals surface area contributed by atoms with Crippen LogP contribution in [0.5, 0.6) is 0 Å². The van der Waals surface area contributed by atoms with Gasteiger partial charge in [0.1, 0.15) is 11.9 Å². The molecule has 1 fully saturated rings. The van der Waals surface area contributed by atoms with Gasteiger partial charge in [-0.1, -0.05) is 0 Å². The normalized spacial score (nSPS) is 18.1. The smallest absolute Gasteiger partial charge is 0.326 e. The quantitative estimate of drug-likeness (QED) is 0.918. The third-order valence-electron chi connectivity index (χ3n) is 3.69. The Labute approximate surface area is 120 Å². The molecule has 1 saturated heterocycles. The maximum atomic E-state index is 13.2. The Kier molecular flexibility index (Phi) is 3.29. The number of nitrogens with zero attached hydrogens (tertiary/aromatic N) is 2. The van der Waals surface area contributed by atoms with Crippen LogP contribution in [-0.4, -0.2) is 39.5 Å². The SMILES string of the molecule is O=C(O)C1CCCN1C(=O)c1cnc2ccc(F)cc2c1. The molecule has 0 radical (unpaired) electrons. The standard InChI is InChI=1S/C15H13FN2O3/c16-11-3-4-12-9(7-11)6-10(8-17-12)14(19)18-5-1-2-13(18)15(20)21/h3-4,6-8,13H,1-2,5H2,(H,20,21). The first kappa shape index (κ1) is 13.5. The van der Waals surface area contributed by atoms with E-state index < -0.39 is 17.8 Å². The van der Waals surface area contributed by atoms with Gasteiger partial charge in [-0.05, 0) is 37.1 Å². The van der Waals surface area contributed by atoms with E-state index in [1.165, 1.54) is 29.3 Å². The first-order valence-electron chi connectivity index (χ1n) is 6.65. The molecule has 0 aliphatic carbocycles. The lowest BCUT2D eigenvalue weighted by molar-refractivity contribution is -0.141. The fourth-order valence-electron chi connectivity index (χ4n) is 2.65. The number of fused-ring (bicyclic) bond motifs is 1. The number of carboxylic acids is 1. The average Bonchev–Trinajstić information content (AvgIpc) is 2.95. The highest BCUT2D eigenvalue weighted by Crippen LogP contribution is 2.22. The fraction of sp³-hybridized carbons (Fsp3) is 0.267. The Hall–Kier alpha value is -2.50. The summed E-state index contributed by atoms with van der Waals surface area (Å²) >= 11 is 0. The summed E-state index contributed by atoms with van der Waals surface area (Å²) in [6.45, 7) is 0.414. The van der Waals surface area contributed by atoms with E-state index in [9.17, 15) is 14.0 Å². The number of carbonyl (C=O) groups excluding carboxylic acids is 1. The molecule has 1 unspecified atom stereocenters. The fourth-order valence-corrected chi connectivity index (χ4v) is 2.65. The summed E-state index contributed by atoms with van der Waals surface area (Å²) in [6, 6.07) is 4.90. The zero-order chi connectivity index (χ0) is 15.0. The van der Waals surface area contributed by atoms with E-state index in [1.54, 1.807) is 6.07 Å². The van der Waals surface area contributed by atoms with Gasteiger partial charge in [0.15, 0.2) is 0 Å². The predicted molar refractivity (Wildman–Crippen MR) is 73.4 cm³/mol. The molecule has 2 aromatic rings. The number of pyridine rings is 1. The van der Waals surface area contributed by atoms with Crippen molar-refractivity contribution < 1.29 is 19.1 Å². The minimum atomic E-state index is -0.999. The number of benzene rings is 1. The molecule has 1 aliphatic heterocycles. The van der Waals surface area contributed by atoms with Crippen molar-refractivity contribution >= 4 is 22.8 Å². The van der Waals surface area contributed by atoms with Crippen LogP contribution in [0.1, 0.15) is 23.2 Å². The van der Waals surface area contributed by atoms with Crippen LogP contribution in [0.15, 0.2) is 30.5 Å². The van der Waals surface area contributed by atoms with Gasteiger partial charge in [-0.25, -0.2) is 9.18 Å². The van der Waals surface area contributed by atoms with Crippen molar-refractivity contribution in [2.45, 2.75) is 18.9 Å². The molecule has 0 bridgehead atoms. The first-order chi connectivity index (χ1) is 10.1. The average molecular weight is 288 g/mol. The number of amides is 1. The molecule has 5 nitrogen and oxygen atoms in total. The minimum absolute atomic E-state index is 0.279. The predicted octanol–water partition coefficient (Wildman–Crippen LogP) is 2.06. The highest BCUT2D eigenvalue weighted by atomic mass is 19.1. The van der Waals surface area contributed by atoms with Gasteiger partial charge in [0.25, 0.3) is 5.91 Å². The number of hydrogen-bond donors (Lipinski definition) is 1. The molecule has 6 heteroatoms. The summed E-state index contributed by atoms with van der Waals surface area (Å²) < 4.78 is 13.2. The molecular weight excluding hydrogens is 275 g/mol. The second-order valence-electron chi connectivity index (χ2n) is 5.06. The molecule has 108 valence electrons. The second-order valence-corrected chi connectivity index (χ2v) is 5.06. The zero-order valence-corrected chi connectivity index (χ0v) is 11.1. The Morgan fingerprint density at radius 1 is 1.33 bits per heavy atom. The van der Waals surface area contributed by atoms with E-state index in [1.807, 2.05) is 0 Å². The Balaban J connectivity index is 1.96. The van der Waals surface area contributed by atoms with Gasteiger partial charge in [-0.3, -0.25) is 9.78 Å². The van der Waals surface area contributed by atoms with Gasteiger partial charge in [-0.2, -0.15) is 0 Å². The number of aliphatic carboxylic acids is 1. The van der Waals surface area contributed by atoms with E-state index in [-0.39, 0.29) is 11.5 Å². The maximum Gasteiger partial charge on any atom is 0.326 e. The molecule has 1 amide bonds. The van der Waals surface area contributed by atoms with Crippen molar-refractivity contribution in [1.82, 2.24) is 9.88 Å². The van der Waals surface area contributed by atoms with Gasteiger partial charge in [0.05, 0.1) is 11.1 Å². The van der Waals surface area contributed by atoms with Crippen LogP contribution >= 0.6 is 0 Å². The summed E-state index contributed by atoms with van der Waals surface area (Å²) in [5, 5.41) is 9.65. The molecule has 2 heterocycles. The monoisotopic (exact) mass is 288 g/mol. The highest BCUT2D eigenvalue weighted by Gasteiger charge is 2.34. The molecule has 3 rings (SSSR count). The number of rotatable bonds is 2. The summed E-state index contributed by atoms with van der Waals surface area (Å²) in [5.41, 5.74) is 0.866. The van der Waals surface area contributed by atoms with Crippen LogP contribution in [0.4, 0.5) is 4.39 Å². The highest BCUT2D eigenvalue weighted by molar-refractivity contribution is 5.99. The number of halogens is 1. The van der Waals surface area contributed by atoms with Crippen LogP contribution in [0.3, 0.4) is 0 Å². The molecule has 0 saturated carbocycles. The lowest BCUT2D eigenvalue weighted by atomic mass is 10.1. The number of hydrogen-bond acceptors (Lipinski definition) is 3. The molecule has 1 N–H and O–H groups in total. The third kappa shape index (κ3) is 2.44. The van der Waals surface area contributed by atoms with Gasteiger partial charge >= 0.3 is 5.97 Å². The topological polar surface area (TPSA) is 70.5 Å². The Bertz CT molecular complexity index is 732. The van der Waals surface area contributed by atoms with Crippen molar-refractivity contribution in [3.8, 4) is 0 Å². The largest absolute Gasteiger partial charge is 0.480 e. The van der Waals surface area contributed by atoms with Gasteiger partial charge in [-0.15, -0.1) is 0 Å². The molecule has 0 spiro atoms. The summed E-state index contributed by atoms with van der Waals surface area (Å²) in [6.07, 6.45) is 2.52. The maximum absolute atomic E-state index is 13.2.